The summed E-state index contributed by atoms with van der Waals surface area (Å²) in [6.07, 6.45) is 5.87. The zero-order chi connectivity index (χ0) is 31.5. The van der Waals surface area contributed by atoms with Crippen molar-refractivity contribution in [3.05, 3.63) is 95.1 Å². The Morgan fingerprint density at radius 2 is 1.73 bits per heavy atom. The van der Waals surface area contributed by atoms with Gasteiger partial charge in [0, 0.05) is 39.5 Å². The quantitative estimate of drug-likeness (QED) is 0.190. The van der Waals surface area contributed by atoms with E-state index >= 15 is 0 Å². The molecule has 232 valence electrons. The molecule has 8 nitrogen and oxygen atoms in total. The molecule has 2 saturated carbocycles. The maximum Gasteiger partial charge on any atom is 0.311 e. The van der Waals surface area contributed by atoms with Crippen molar-refractivity contribution >= 4 is 16.9 Å². The summed E-state index contributed by atoms with van der Waals surface area (Å²) in [6, 6.07) is 20.1. The van der Waals surface area contributed by atoms with Crippen LogP contribution in [0.4, 0.5) is 0 Å². The number of ether oxygens (including phenoxy) is 1. The minimum Gasteiger partial charge on any atom is -0.469 e. The fraction of sp³-hybridized carbons (Fsp3) is 0.405. The van der Waals surface area contributed by atoms with Gasteiger partial charge in [-0.05, 0) is 75.6 Å². The number of aromatic nitrogens is 5. The molecule has 2 aromatic carbocycles. The van der Waals surface area contributed by atoms with Crippen LogP contribution in [0.15, 0.2) is 66.9 Å². The molecule has 1 atom stereocenters. The molecule has 5 aromatic rings. The van der Waals surface area contributed by atoms with E-state index in [9.17, 15) is 9.90 Å². The van der Waals surface area contributed by atoms with Gasteiger partial charge in [-0.3, -0.25) is 14.5 Å². The predicted octanol–water partition coefficient (Wildman–Crippen LogP) is 7.13. The highest BCUT2D eigenvalue weighted by molar-refractivity contribution is 5.94. The number of hydrogen-bond donors (Lipinski definition) is 1. The summed E-state index contributed by atoms with van der Waals surface area (Å²) in [5.41, 5.74) is 8.54. The molecule has 2 aliphatic carbocycles. The Labute approximate surface area is 264 Å². The number of rotatable bonds is 8. The van der Waals surface area contributed by atoms with Gasteiger partial charge in [-0.25, -0.2) is 4.68 Å². The molecule has 0 spiro atoms. The van der Waals surface area contributed by atoms with Crippen LogP contribution < -0.4 is 0 Å². The van der Waals surface area contributed by atoms with Crippen LogP contribution >= 0.6 is 0 Å². The number of methoxy groups -OCH3 is 1. The normalized spacial score (nSPS) is 21.6. The standard InChI is InChI=1S/C37H41N5O3/c1-23(2)33-25(4)42(30-14-15-32(38-24(30)3)36-16-18-37(22-36,19-17-36)35(44)45-5)40-34(33)27-12-9-13-29-28(27)20-41(39-29)21-31(43)26-10-7-6-8-11-26/h6-15,20,23,31,43H,16-19,21-22H2,1-5H3/t31-,36?,37?/m0/s1. The first-order valence-electron chi connectivity index (χ1n) is 16.0. The van der Waals surface area contributed by atoms with Gasteiger partial charge in [0.25, 0.3) is 0 Å². The number of benzene rings is 2. The van der Waals surface area contributed by atoms with E-state index in [-0.39, 0.29) is 22.7 Å². The SMILES string of the molecule is COC(=O)C12CCC(c3ccc(-n4nc(-c5cccc6nn(C[C@H](O)c7ccccc7)cc56)c(C(C)C)c4C)c(C)n3)(CC1)C2. The number of aryl methyl sites for hydroxylation is 1. The van der Waals surface area contributed by atoms with Crippen LogP contribution in [-0.2, 0) is 21.5 Å². The second kappa shape index (κ2) is 10.9. The summed E-state index contributed by atoms with van der Waals surface area (Å²) in [5.74, 6) is 0.179. The van der Waals surface area contributed by atoms with Crippen molar-refractivity contribution < 1.29 is 14.6 Å². The van der Waals surface area contributed by atoms with Crippen molar-refractivity contribution in [1.82, 2.24) is 24.5 Å². The van der Waals surface area contributed by atoms with Gasteiger partial charge in [-0.2, -0.15) is 10.2 Å². The Kier molecular flexibility index (Phi) is 7.15. The monoisotopic (exact) mass is 603 g/mol. The third-order valence-corrected chi connectivity index (χ3v) is 10.4. The van der Waals surface area contributed by atoms with Gasteiger partial charge in [0.05, 0.1) is 47.8 Å². The molecule has 7 rings (SSSR count). The maximum absolute atomic E-state index is 12.6. The van der Waals surface area contributed by atoms with Crippen molar-refractivity contribution in [2.24, 2.45) is 5.41 Å². The second-order valence-corrected chi connectivity index (χ2v) is 13.5. The number of aliphatic hydroxyl groups excluding tert-OH is 1. The van der Waals surface area contributed by atoms with Crippen LogP contribution in [0.2, 0.25) is 0 Å². The lowest BCUT2D eigenvalue weighted by Crippen LogP contribution is -2.27. The third-order valence-electron chi connectivity index (χ3n) is 10.4. The molecule has 1 N–H and O–H groups in total. The smallest absolute Gasteiger partial charge is 0.311 e. The molecule has 3 aromatic heterocycles. The molecule has 2 aliphatic rings. The molecule has 0 amide bonds. The van der Waals surface area contributed by atoms with Crippen LogP contribution in [0.5, 0.6) is 0 Å². The number of pyridine rings is 1. The van der Waals surface area contributed by atoms with Crippen molar-refractivity contribution in [2.45, 2.75) is 83.8 Å². The van der Waals surface area contributed by atoms with E-state index in [0.29, 0.717) is 6.54 Å². The first-order valence-corrected chi connectivity index (χ1v) is 16.0. The van der Waals surface area contributed by atoms with Gasteiger partial charge in [-0.15, -0.1) is 0 Å². The molecule has 8 heteroatoms. The largest absolute Gasteiger partial charge is 0.469 e. The van der Waals surface area contributed by atoms with Crippen LogP contribution in [0.1, 0.15) is 86.2 Å². The van der Waals surface area contributed by atoms with Crippen LogP contribution in [-0.4, -0.2) is 42.7 Å². The van der Waals surface area contributed by atoms with Crippen LogP contribution in [0, 0.1) is 19.3 Å². The predicted molar refractivity (Wildman–Crippen MR) is 174 cm³/mol. The van der Waals surface area contributed by atoms with E-state index in [4.69, 9.17) is 19.9 Å². The van der Waals surface area contributed by atoms with E-state index in [2.05, 4.69) is 45.9 Å². The fourth-order valence-electron chi connectivity index (χ4n) is 8.11. The summed E-state index contributed by atoms with van der Waals surface area (Å²) >= 11 is 0. The summed E-state index contributed by atoms with van der Waals surface area (Å²) in [4.78, 5) is 17.8. The van der Waals surface area contributed by atoms with Crippen molar-refractivity contribution in [3.63, 3.8) is 0 Å². The topological polar surface area (TPSA) is 95.1 Å². The Morgan fingerprint density at radius 1 is 0.978 bits per heavy atom. The van der Waals surface area contributed by atoms with Crippen molar-refractivity contribution in [2.75, 3.05) is 7.11 Å². The molecule has 0 saturated heterocycles. The number of carbonyl (C=O) groups excluding carboxylic acids is 1. The highest BCUT2D eigenvalue weighted by atomic mass is 16.5. The Morgan fingerprint density at radius 3 is 2.42 bits per heavy atom. The third kappa shape index (κ3) is 4.78. The number of aliphatic hydroxyl groups is 1. The van der Waals surface area contributed by atoms with Gasteiger partial charge in [0.15, 0.2) is 0 Å². The molecule has 2 fully saturated rings. The van der Waals surface area contributed by atoms with Gasteiger partial charge < -0.3 is 9.84 Å². The summed E-state index contributed by atoms with van der Waals surface area (Å²) in [6.45, 7) is 8.97. The summed E-state index contributed by atoms with van der Waals surface area (Å²) < 4.78 is 9.07. The van der Waals surface area contributed by atoms with Gasteiger partial charge in [-0.1, -0.05) is 56.3 Å². The second-order valence-electron chi connectivity index (χ2n) is 13.5. The minimum atomic E-state index is -0.653. The lowest BCUT2D eigenvalue weighted by molar-refractivity contribution is -0.152. The van der Waals surface area contributed by atoms with Crippen molar-refractivity contribution in [1.29, 1.82) is 0 Å². The minimum absolute atomic E-state index is 0.0607. The van der Waals surface area contributed by atoms with E-state index in [0.717, 1.165) is 82.6 Å². The molecule has 0 radical (unpaired) electrons. The molecular weight excluding hydrogens is 562 g/mol. The molecule has 0 unspecified atom stereocenters. The number of nitrogens with zero attached hydrogens (tertiary/aromatic N) is 5. The average molecular weight is 604 g/mol. The number of carbonyl (C=O) groups is 1. The molecular formula is C37H41N5O3. The number of hydrogen-bond acceptors (Lipinski definition) is 6. The zero-order valence-electron chi connectivity index (χ0n) is 26.7. The van der Waals surface area contributed by atoms with E-state index < -0.39 is 6.10 Å². The average Bonchev–Trinajstić information content (AvgIpc) is 3.82. The molecule has 45 heavy (non-hydrogen) atoms. The lowest BCUT2D eigenvalue weighted by atomic mass is 9.80. The van der Waals surface area contributed by atoms with Crippen LogP contribution in [0.3, 0.4) is 0 Å². The van der Waals surface area contributed by atoms with Gasteiger partial charge in [0.1, 0.15) is 0 Å². The molecule has 3 heterocycles. The van der Waals surface area contributed by atoms with E-state index in [1.165, 1.54) is 12.7 Å². The summed E-state index contributed by atoms with van der Waals surface area (Å²) in [5, 5.41) is 21.9. The zero-order valence-corrected chi connectivity index (χ0v) is 26.7. The lowest BCUT2D eigenvalue weighted by Gasteiger charge is -2.27. The van der Waals surface area contributed by atoms with E-state index in [1.807, 2.05) is 58.0 Å². The summed E-state index contributed by atoms with van der Waals surface area (Å²) in [7, 11) is 1.50. The van der Waals surface area contributed by atoms with Crippen LogP contribution in [0.25, 0.3) is 27.8 Å². The maximum atomic E-state index is 12.6. The Bertz CT molecular complexity index is 1900. The fourth-order valence-corrected chi connectivity index (χ4v) is 8.11. The van der Waals surface area contributed by atoms with E-state index in [1.54, 1.807) is 0 Å². The van der Waals surface area contributed by atoms with Gasteiger partial charge in [0.2, 0.25) is 0 Å². The first-order chi connectivity index (χ1) is 21.6. The molecule has 2 bridgehead atoms. The number of fused-ring (bicyclic) bond motifs is 3. The number of esters is 1. The molecule has 0 aliphatic heterocycles. The van der Waals surface area contributed by atoms with Crippen molar-refractivity contribution in [3.8, 4) is 16.9 Å². The Hall–Kier alpha value is -4.30. The Balaban J connectivity index is 1.24. The van der Waals surface area contributed by atoms with Gasteiger partial charge >= 0.3 is 5.97 Å². The highest BCUT2D eigenvalue weighted by Crippen LogP contribution is 2.62. The highest BCUT2D eigenvalue weighted by Gasteiger charge is 2.59. The first kappa shape index (κ1) is 29.4.